The van der Waals surface area contributed by atoms with Gasteiger partial charge >= 0.3 is 6.03 Å². The first-order valence-electron chi connectivity index (χ1n) is 11.2. The zero-order chi connectivity index (χ0) is 21.6. The summed E-state index contributed by atoms with van der Waals surface area (Å²) in [6, 6.07) is 9.73. The smallest absolute Gasteiger partial charge is 0.319 e. The lowest BCUT2D eigenvalue weighted by Gasteiger charge is -2.32. The van der Waals surface area contributed by atoms with Crippen LogP contribution in [0.1, 0.15) is 36.8 Å². The van der Waals surface area contributed by atoms with Crippen molar-refractivity contribution in [1.29, 1.82) is 0 Å². The Labute approximate surface area is 183 Å². The van der Waals surface area contributed by atoms with Gasteiger partial charge in [0, 0.05) is 55.4 Å². The van der Waals surface area contributed by atoms with Crippen molar-refractivity contribution in [2.75, 3.05) is 30.3 Å². The molecule has 0 spiro atoms. The molecule has 1 aromatic carbocycles. The molecule has 7 heteroatoms. The molecule has 3 amide bonds. The normalized spacial score (nSPS) is 17.2. The second-order valence-electron chi connectivity index (χ2n) is 8.61. The van der Waals surface area contributed by atoms with Crippen molar-refractivity contribution in [2.24, 2.45) is 5.92 Å². The van der Waals surface area contributed by atoms with Gasteiger partial charge < -0.3 is 20.9 Å². The Morgan fingerprint density at radius 2 is 1.77 bits per heavy atom. The number of anilines is 2. The Kier molecular flexibility index (Phi) is 6.82. The number of hydrogen-bond donors (Lipinski definition) is 3. The second kappa shape index (κ2) is 9.92. The number of aryl methyl sites for hydroxylation is 1. The maximum absolute atomic E-state index is 12.5. The summed E-state index contributed by atoms with van der Waals surface area (Å²) in [5, 5.41) is 8.99. The molecular formula is C24H31N5O2. The van der Waals surface area contributed by atoms with Gasteiger partial charge in [0.15, 0.2) is 0 Å². The molecule has 31 heavy (non-hydrogen) atoms. The molecule has 0 unspecified atom stereocenters. The summed E-state index contributed by atoms with van der Waals surface area (Å²) in [7, 11) is 0. The first-order chi connectivity index (χ1) is 15.1. The van der Waals surface area contributed by atoms with Crippen molar-refractivity contribution < 1.29 is 9.59 Å². The van der Waals surface area contributed by atoms with Crippen molar-refractivity contribution in [1.82, 2.24) is 15.2 Å². The molecule has 1 aliphatic carbocycles. The van der Waals surface area contributed by atoms with E-state index in [1.165, 1.54) is 5.56 Å². The van der Waals surface area contributed by atoms with Gasteiger partial charge in [-0.1, -0.05) is 6.07 Å². The fourth-order valence-corrected chi connectivity index (χ4v) is 3.91. The Morgan fingerprint density at radius 3 is 2.48 bits per heavy atom. The second-order valence-corrected chi connectivity index (χ2v) is 8.61. The third-order valence-corrected chi connectivity index (χ3v) is 6.09. The van der Waals surface area contributed by atoms with Crippen molar-refractivity contribution in [3.05, 3.63) is 53.9 Å². The summed E-state index contributed by atoms with van der Waals surface area (Å²) in [6.07, 6.45) is 8.51. The minimum atomic E-state index is -0.191. The van der Waals surface area contributed by atoms with E-state index in [1.807, 2.05) is 37.5 Å². The van der Waals surface area contributed by atoms with E-state index >= 15 is 0 Å². The number of pyridine rings is 1. The maximum Gasteiger partial charge on any atom is 0.319 e. The number of rotatable bonds is 7. The largest absolute Gasteiger partial charge is 0.335 e. The number of piperidine rings is 1. The molecule has 1 saturated carbocycles. The van der Waals surface area contributed by atoms with Crippen LogP contribution in [0.15, 0.2) is 42.7 Å². The van der Waals surface area contributed by atoms with Gasteiger partial charge in [0.1, 0.15) is 0 Å². The highest BCUT2D eigenvalue weighted by atomic mass is 16.2. The lowest BCUT2D eigenvalue weighted by Crippen LogP contribution is -2.46. The topological polar surface area (TPSA) is 86.4 Å². The van der Waals surface area contributed by atoms with Crippen LogP contribution in [-0.2, 0) is 11.2 Å². The highest BCUT2D eigenvalue weighted by molar-refractivity contribution is 5.96. The molecule has 2 fully saturated rings. The molecule has 164 valence electrons. The van der Waals surface area contributed by atoms with Gasteiger partial charge in [-0.3, -0.25) is 9.78 Å². The molecule has 2 heterocycles. The van der Waals surface area contributed by atoms with Gasteiger partial charge in [0.2, 0.25) is 5.91 Å². The number of likely N-dealkylation sites (tertiary alicyclic amines) is 1. The van der Waals surface area contributed by atoms with E-state index in [2.05, 4.69) is 38.0 Å². The SMILES string of the molecule is Cc1ccc(NC(=O)C2CC2)cc1NC(=O)NC1CCN(CCc2ccncc2)CC1. The summed E-state index contributed by atoms with van der Waals surface area (Å²) in [4.78, 5) is 31.1. The lowest BCUT2D eigenvalue weighted by molar-refractivity contribution is -0.117. The van der Waals surface area contributed by atoms with E-state index in [1.54, 1.807) is 0 Å². The van der Waals surface area contributed by atoms with E-state index in [4.69, 9.17) is 0 Å². The van der Waals surface area contributed by atoms with Crippen LogP contribution in [0.4, 0.5) is 16.2 Å². The van der Waals surface area contributed by atoms with E-state index < -0.39 is 0 Å². The minimum absolute atomic E-state index is 0.0648. The summed E-state index contributed by atoms with van der Waals surface area (Å²) >= 11 is 0. The standard InChI is InChI=1S/C24H31N5O2/c1-17-2-5-21(26-23(30)19-3-4-19)16-22(17)28-24(31)27-20-9-14-29(15-10-20)13-8-18-6-11-25-12-7-18/h2,5-7,11-12,16,19-20H,3-4,8-10,13-15H2,1H3,(H,26,30)(H2,27,28,31). The minimum Gasteiger partial charge on any atom is -0.335 e. The molecular weight excluding hydrogens is 390 g/mol. The summed E-state index contributed by atoms with van der Waals surface area (Å²) in [5.41, 5.74) is 3.72. The van der Waals surface area contributed by atoms with Crippen LogP contribution in [0.2, 0.25) is 0 Å². The first-order valence-corrected chi connectivity index (χ1v) is 11.2. The van der Waals surface area contributed by atoms with Gasteiger partial charge in [-0.15, -0.1) is 0 Å². The fourth-order valence-electron chi connectivity index (χ4n) is 3.91. The molecule has 2 aliphatic rings. The third kappa shape index (κ3) is 6.28. The van der Waals surface area contributed by atoms with Crippen LogP contribution in [0, 0.1) is 12.8 Å². The van der Waals surface area contributed by atoms with E-state index in [0.717, 1.165) is 68.7 Å². The van der Waals surface area contributed by atoms with E-state index in [-0.39, 0.29) is 23.9 Å². The number of nitrogens with zero attached hydrogens (tertiary/aromatic N) is 2. The maximum atomic E-state index is 12.5. The van der Waals surface area contributed by atoms with Gasteiger partial charge in [0.05, 0.1) is 0 Å². The number of urea groups is 1. The Hall–Kier alpha value is -2.93. The zero-order valence-corrected chi connectivity index (χ0v) is 18.1. The molecule has 0 radical (unpaired) electrons. The molecule has 1 saturated heterocycles. The highest BCUT2D eigenvalue weighted by Crippen LogP contribution is 2.30. The van der Waals surface area contributed by atoms with Gasteiger partial charge in [-0.2, -0.15) is 0 Å². The van der Waals surface area contributed by atoms with Crippen LogP contribution in [0.3, 0.4) is 0 Å². The van der Waals surface area contributed by atoms with Gasteiger partial charge in [-0.25, -0.2) is 4.79 Å². The summed E-state index contributed by atoms with van der Waals surface area (Å²) in [5.74, 6) is 0.214. The average Bonchev–Trinajstić information content (AvgIpc) is 3.62. The van der Waals surface area contributed by atoms with Crippen molar-refractivity contribution >= 4 is 23.3 Å². The number of benzene rings is 1. The predicted molar refractivity (Wildman–Crippen MR) is 122 cm³/mol. The lowest BCUT2D eigenvalue weighted by atomic mass is 10.0. The van der Waals surface area contributed by atoms with Crippen LogP contribution in [0.5, 0.6) is 0 Å². The predicted octanol–water partition coefficient (Wildman–Crippen LogP) is 3.57. The van der Waals surface area contributed by atoms with Crippen LogP contribution >= 0.6 is 0 Å². The van der Waals surface area contributed by atoms with Crippen LogP contribution in [0.25, 0.3) is 0 Å². The van der Waals surface area contributed by atoms with Crippen molar-refractivity contribution in [3.8, 4) is 0 Å². The van der Waals surface area contributed by atoms with Crippen LogP contribution in [-0.4, -0.2) is 47.5 Å². The third-order valence-electron chi connectivity index (χ3n) is 6.09. The summed E-state index contributed by atoms with van der Waals surface area (Å²) < 4.78 is 0. The number of aromatic nitrogens is 1. The van der Waals surface area contributed by atoms with Gasteiger partial charge in [-0.05, 0) is 74.4 Å². The van der Waals surface area contributed by atoms with Crippen molar-refractivity contribution in [3.63, 3.8) is 0 Å². The van der Waals surface area contributed by atoms with Gasteiger partial charge in [0.25, 0.3) is 0 Å². The molecule has 7 nitrogen and oxygen atoms in total. The highest BCUT2D eigenvalue weighted by Gasteiger charge is 2.29. The number of nitrogens with one attached hydrogen (secondary N) is 3. The molecule has 1 aliphatic heterocycles. The summed E-state index contributed by atoms with van der Waals surface area (Å²) in [6.45, 7) is 4.94. The Balaban J connectivity index is 1.21. The number of amides is 3. The molecule has 4 rings (SSSR count). The molecule has 3 N–H and O–H groups in total. The molecule has 0 atom stereocenters. The molecule has 0 bridgehead atoms. The van der Waals surface area contributed by atoms with Crippen LogP contribution < -0.4 is 16.0 Å². The quantitative estimate of drug-likeness (QED) is 0.638. The van der Waals surface area contributed by atoms with Crippen molar-refractivity contribution in [2.45, 2.75) is 45.1 Å². The Bertz CT molecular complexity index is 905. The monoisotopic (exact) mass is 421 g/mol. The molecule has 1 aromatic heterocycles. The fraction of sp³-hybridized carbons (Fsp3) is 0.458. The molecule has 2 aromatic rings. The first kappa shape index (κ1) is 21.3. The van der Waals surface area contributed by atoms with E-state index in [0.29, 0.717) is 0 Å². The number of hydrogen-bond acceptors (Lipinski definition) is 4. The zero-order valence-electron chi connectivity index (χ0n) is 18.1. The number of carbonyl (C=O) groups excluding carboxylic acids is 2. The Morgan fingerprint density at radius 1 is 1.03 bits per heavy atom. The average molecular weight is 422 g/mol. The van der Waals surface area contributed by atoms with E-state index in [9.17, 15) is 9.59 Å². The number of carbonyl (C=O) groups is 2.